The monoisotopic (exact) mass is 274 g/mol. The van der Waals surface area contributed by atoms with Gasteiger partial charge in [0, 0.05) is 18.8 Å². The van der Waals surface area contributed by atoms with E-state index in [1.54, 1.807) is 20.4 Å². The first-order valence-electron chi connectivity index (χ1n) is 6.26. The van der Waals surface area contributed by atoms with E-state index in [-0.39, 0.29) is 6.61 Å². The number of ether oxygens (including phenoxy) is 2. The van der Waals surface area contributed by atoms with E-state index in [9.17, 15) is 0 Å². The van der Waals surface area contributed by atoms with E-state index in [1.807, 2.05) is 30.3 Å². The standard InChI is InChI=1S/C15H18N2O3/c1-19-13-5-12(6-14(7-13)20-2)9-17-15-4-3-11(10-18)8-16-15/h3-8,18H,9-10H2,1-2H3,(H,16,17). The van der Waals surface area contributed by atoms with E-state index in [0.717, 1.165) is 28.4 Å². The summed E-state index contributed by atoms with van der Waals surface area (Å²) >= 11 is 0. The highest BCUT2D eigenvalue weighted by atomic mass is 16.5. The number of methoxy groups -OCH3 is 2. The van der Waals surface area contributed by atoms with Gasteiger partial charge in [-0.15, -0.1) is 0 Å². The van der Waals surface area contributed by atoms with Gasteiger partial charge in [0.25, 0.3) is 0 Å². The predicted molar refractivity (Wildman–Crippen MR) is 77.0 cm³/mol. The Morgan fingerprint density at radius 3 is 2.25 bits per heavy atom. The Labute approximate surface area is 118 Å². The number of nitrogens with one attached hydrogen (secondary N) is 1. The zero-order chi connectivity index (χ0) is 14.4. The zero-order valence-corrected chi connectivity index (χ0v) is 11.6. The van der Waals surface area contributed by atoms with Gasteiger partial charge in [-0.25, -0.2) is 4.98 Å². The summed E-state index contributed by atoms with van der Waals surface area (Å²) in [6, 6.07) is 9.39. The molecule has 2 rings (SSSR count). The third-order valence-corrected chi connectivity index (χ3v) is 2.89. The fourth-order valence-electron chi connectivity index (χ4n) is 1.78. The van der Waals surface area contributed by atoms with Crippen LogP contribution in [0.2, 0.25) is 0 Å². The fourth-order valence-corrected chi connectivity index (χ4v) is 1.78. The minimum atomic E-state index is 0.000360. The lowest BCUT2D eigenvalue weighted by molar-refractivity contribution is 0.281. The molecule has 0 saturated carbocycles. The number of rotatable bonds is 6. The van der Waals surface area contributed by atoms with Crippen LogP contribution in [0.1, 0.15) is 11.1 Å². The minimum Gasteiger partial charge on any atom is -0.497 e. The van der Waals surface area contributed by atoms with Crippen molar-refractivity contribution >= 4 is 5.82 Å². The first-order valence-corrected chi connectivity index (χ1v) is 6.26. The molecule has 2 N–H and O–H groups in total. The van der Waals surface area contributed by atoms with Crippen LogP contribution >= 0.6 is 0 Å². The van der Waals surface area contributed by atoms with E-state index in [1.165, 1.54) is 0 Å². The first kappa shape index (κ1) is 14.1. The van der Waals surface area contributed by atoms with Crippen molar-refractivity contribution in [2.75, 3.05) is 19.5 Å². The van der Waals surface area contributed by atoms with Crippen molar-refractivity contribution in [3.05, 3.63) is 47.7 Å². The molecule has 0 bridgehead atoms. The number of hydrogen-bond donors (Lipinski definition) is 2. The van der Waals surface area contributed by atoms with E-state index in [0.29, 0.717) is 6.54 Å². The fraction of sp³-hybridized carbons (Fsp3) is 0.267. The molecule has 5 heteroatoms. The van der Waals surface area contributed by atoms with Gasteiger partial charge in [-0.2, -0.15) is 0 Å². The summed E-state index contributed by atoms with van der Waals surface area (Å²) in [6.07, 6.45) is 1.65. The molecular weight excluding hydrogens is 256 g/mol. The molecule has 0 spiro atoms. The summed E-state index contributed by atoms with van der Waals surface area (Å²) in [5.74, 6) is 2.26. The topological polar surface area (TPSA) is 63.6 Å². The third-order valence-electron chi connectivity index (χ3n) is 2.89. The Hall–Kier alpha value is -2.27. The van der Waals surface area contributed by atoms with Crippen LogP contribution in [0.3, 0.4) is 0 Å². The third kappa shape index (κ3) is 3.61. The van der Waals surface area contributed by atoms with Gasteiger partial charge in [0.05, 0.1) is 20.8 Å². The molecule has 0 unspecified atom stereocenters. The Bertz CT molecular complexity index is 533. The number of nitrogens with zero attached hydrogens (tertiary/aromatic N) is 1. The highest BCUT2D eigenvalue weighted by molar-refractivity contribution is 5.41. The SMILES string of the molecule is COc1cc(CNc2ccc(CO)cn2)cc(OC)c1. The molecule has 0 radical (unpaired) electrons. The van der Waals surface area contributed by atoms with Crippen molar-refractivity contribution in [3.8, 4) is 11.5 Å². The second kappa shape index (κ2) is 6.77. The van der Waals surface area contributed by atoms with Crippen molar-refractivity contribution in [1.82, 2.24) is 4.98 Å². The van der Waals surface area contributed by atoms with E-state index in [2.05, 4.69) is 10.3 Å². The average Bonchev–Trinajstić information content (AvgIpc) is 2.53. The van der Waals surface area contributed by atoms with Crippen LogP contribution in [0.4, 0.5) is 5.82 Å². The van der Waals surface area contributed by atoms with Crippen molar-refractivity contribution in [3.63, 3.8) is 0 Å². The van der Waals surface area contributed by atoms with Gasteiger partial charge in [0.15, 0.2) is 0 Å². The number of anilines is 1. The highest BCUT2D eigenvalue weighted by Crippen LogP contribution is 2.23. The summed E-state index contributed by atoms with van der Waals surface area (Å²) in [5, 5.41) is 12.2. The molecular formula is C15H18N2O3. The first-order chi connectivity index (χ1) is 9.75. The molecule has 0 aliphatic heterocycles. The Kier molecular flexibility index (Phi) is 4.79. The number of benzene rings is 1. The Morgan fingerprint density at radius 2 is 1.75 bits per heavy atom. The van der Waals surface area contributed by atoms with Crippen molar-refractivity contribution < 1.29 is 14.6 Å². The lowest BCUT2D eigenvalue weighted by Crippen LogP contribution is -2.02. The molecule has 0 aliphatic carbocycles. The summed E-state index contributed by atoms with van der Waals surface area (Å²) in [7, 11) is 3.25. The van der Waals surface area contributed by atoms with Gasteiger partial charge in [-0.05, 0) is 29.3 Å². The maximum Gasteiger partial charge on any atom is 0.126 e. The van der Waals surface area contributed by atoms with Gasteiger partial charge in [0.2, 0.25) is 0 Å². The average molecular weight is 274 g/mol. The molecule has 1 aromatic carbocycles. The smallest absolute Gasteiger partial charge is 0.126 e. The largest absolute Gasteiger partial charge is 0.497 e. The van der Waals surface area contributed by atoms with Crippen LogP contribution in [0.15, 0.2) is 36.5 Å². The Morgan fingerprint density at radius 1 is 1.05 bits per heavy atom. The Balaban J connectivity index is 2.05. The van der Waals surface area contributed by atoms with Crippen molar-refractivity contribution in [1.29, 1.82) is 0 Å². The lowest BCUT2D eigenvalue weighted by atomic mass is 10.2. The highest BCUT2D eigenvalue weighted by Gasteiger charge is 2.02. The van der Waals surface area contributed by atoms with E-state index >= 15 is 0 Å². The van der Waals surface area contributed by atoms with E-state index < -0.39 is 0 Å². The van der Waals surface area contributed by atoms with Crippen LogP contribution in [-0.2, 0) is 13.2 Å². The molecule has 0 fully saturated rings. The molecule has 0 aliphatic rings. The molecule has 2 aromatic rings. The second-order valence-corrected chi connectivity index (χ2v) is 4.28. The van der Waals surface area contributed by atoms with Crippen LogP contribution < -0.4 is 14.8 Å². The van der Waals surface area contributed by atoms with Gasteiger partial charge >= 0.3 is 0 Å². The van der Waals surface area contributed by atoms with Gasteiger partial charge in [-0.1, -0.05) is 6.07 Å². The molecule has 0 amide bonds. The van der Waals surface area contributed by atoms with Crippen LogP contribution in [0, 0.1) is 0 Å². The van der Waals surface area contributed by atoms with Crippen LogP contribution in [0.25, 0.3) is 0 Å². The molecule has 20 heavy (non-hydrogen) atoms. The van der Waals surface area contributed by atoms with Crippen LogP contribution in [-0.4, -0.2) is 24.3 Å². The summed E-state index contributed by atoms with van der Waals surface area (Å²) < 4.78 is 10.5. The summed E-state index contributed by atoms with van der Waals surface area (Å²) in [4.78, 5) is 4.22. The maximum absolute atomic E-state index is 8.96. The van der Waals surface area contributed by atoms with E-state index in [4.69, 9.17) is 14.6 Å². The minimum absolute atomic E-state index is 0.000360. The van der Waals surface area contributed by atoms with Gasteiger partial charge in [-0.3, -0.25) is 0 Å². The predicted octanol–water partition coefficient (Wildman–Crippen LogP) is 2.20. The number of hydrogen-bond acceptors (Lipinski definition) is 5. The van der Waals surface area contributed by atoms with Crippen molar-refractivity contribution in [2.24, 2.45) is 0 Å². The maximum atomic E-state index is 8.96. The number of aliphatic hydroxyl groups excluding tert-OH is 1. The van der Waals surface area contributed by atoms with Crippen LogP contribution in [0.5, 0.6) is 11.5 Å². The molecule has 0 atom stereocenters. The summed E-state index contributed by atoms with van der Waals surface area (Å²) in [5.41, 5.74) is 1.83. The number of aromatic nitrogens is 1. The molecule has 1 heterocycles. The van der Waals surface area contributed by atoms with Crippen molar-refractivity contribution in [2.45, 2.75) is 13.2 Å². The normalized spacial score (nSPS) is 10.2. The second-order valence-electron chi connectivity index (χ2n) is 4.28. The number of pyridine rings is 1. The molecule has 106 valence electrons. The molecule has 5 nitrogen and oxygen atoms in total. The quantitative estimate of drug-likeness (QED) is 0.845. The summed E-state index contributed by atoms with van der Waals surface area (Å²) in [6.45, 7) is 0.611. The molecule has 1 aromatic heterocycles. The zero-order valence-electron chi connectivity index (χ0n) is 11.6. The number of aliphatic hydroxyl groups is 1. The van der Waals surface area contributed by atoms with Gasteiger partial charge in [0.1, 0.15) is 17.3 Å². The lowest BCUT2D eigenvalue weighted by Gasteiger charge is -2.10. The van der Waals surface area contributed by atoms with Gasteiger partial charge < -0.3 is 19.9 Å². The molecule has 0 saturated heterocycles.